The zero-order valence-corrected chi connectivity index (χ0v) is 10.3. The first kappa shape index (κ1) is 12.5. The lowest BCUT2D eigenvalue weighted by Gasteiger charge is -2.21. The second-order valence-corrected chi connectivity index (χ2v) is 4.78. The molecule has 1 saturated carbocycles. The van der Waals surface area contributed by atoms with Crippen LogP contribution in [0.2, 0.25) is 0 Å². The Morgan fingerprint density at radius 3 is 2.33 bits per heavy atom. The van der Waals surface area contributed by atoms with Crippen LogP contribution in [0.15, 0.2) is 4.99 Å². The molecule has 0 amide bonds. The fraction of sp³-hybridized carbons (Fsp3) is 0.923. The summed E-state index contributed by atoms with van der Waals surface area (Å²) in [6, 6.07) is 0. The molecule has 0 aromatic rings. The first-order chi connectivity index (χ1) is 7.27. The molecular formula is C13H26N2. The molecule has 0 radical (unpaired) electrons. The number of aliphatic imine (C=N–C) groups is 1. The molecule has 0 heterocycles. The Kier molecular flexibility index (Phi) is 5.74. The molecule has 0 saturated heterocycles. The first-order valence-corrected chi connectivity index (χ1v) is 6.57. The second-order valence-electron chi connectivity index (χ2n) is 4.78. The van der Waals surface area contributed by atoms with Crippen molar-refractivity contribution in [3.8, 4) is 0 Å². The van der Waals surface area contributed by atoms with Crippen molar-refractivity contribution in [1.82, 2.24) is 0 Å². The van der Waals surface area contributed by atoms with Crippen LogP contribution >= 0.6 is 0 Å². The minimum atomic E-state index is 0.591. The molecule has 1 aliphatic rings. The summed E-state index contributed by atoms with van der Waals surface area (Å²) < 4.78 is 0. The summed E-state index contributed by atoms with van der Waals surface area (Å²) >= 11 is 0. The molecule has 0 aliphatic heterocycles. The summed E-state index contributed by atoms with van der Waals surface area (Å²) in [4.78, 5) is 4.58. The highest BCUT2D eigenvalue weighted by Gasteiger charge is 2.16. The number of nitrogens with two attached hydrogens (primary N) is 1. The zero-order valence-electron chi connectivity index (χ0n) is 10.3. The Labute approximate surface area is 94.3 Å². The molecule has 0 aromatic carbocycles. The molecule has 0 atom stereocenters. The lowest BCUT2D eigenvalue weighted by molar-refractivity contribution is 0.433. The van der Waals surface area contributed by atoms with Crippen molar-refractivity contribution in [3.05, 3.63) is 0 Å². The molecule has 0 spiro atoms. The molecule has 0 unspecified atom stereocenters. The monoisotopic (exact) mass is 210 g/mol. The molecule has 0 bridgehead atoms. The van der Waals surface area contributed by atoms with Gasteiger partial charge in [0.25, 0.3) is 0 Å². The SMILES string of the molecule is CCC(CC)CN=C(N)C1CCCCC1. The van der Waals surface area contributed by atoms with E-state index in [2.05, 4.69) is 18.8 Å². The van der Waals surface area contributed by atoms with Gasteiger partial charge in [-0.25, -0.2) is 0 Å². The highest BCUT2D eigenvalue weighted by molar-refractivity contribution is 5.82. The van der Waals surface area contributed by atoms with Gasteiger partial charge in [0.2, 0.25) is 0 Å². The van der Waals surface area contributed by atoms with E-state index in [1.54, 1.807) is 0 Å². The van der Waals surface area contributed by atoms with E-state index in [9.17, 15) is 0 Å². The maximum atomic E-state index is 6.06. The fourth-order valence-electron chi connectivity index (χ4n) is 2.31. The van der Waals surface area contributed by atoms with Crippen molar-refractivity contribution in [3.63, 3.8) is 0 Å². The number of amidine groups is 1. The Morgan fingerprint density at radius 2 is 1.80 bits per heavy atom. The molecule has 2 nitrogen and oxygen atoms in total. The van der Waals surface area contributed by atoms with Crippen LogP contribution in [-0.2, 0) is 0 Å². The average molecular weight is 210 g/mol. The number of hydrogen-bond donors (Lipinski definition) is 1. The quantitative estimate of drug-likeness (QED) is 0.548. The zero-order chi connectivity index (χ0) is 11.1. The highest BCUT2D eigenvalue weighted by Crippen LogP contribution is 2.23. The second kappa shape index (κ2) is 6.86. The average Bonchev–Trinajstić information content (AvgIpc) is 2.31. The highest BCUT2D eigenvalue weighted by atomic mass is 14.9. The maximum Gasteiger partial charge on any atom is 0.0968 e. The number of nitrogens with zero attached hydrogens (tertiary/aromatic N) is 1. The van der Waals surface area contributed by atoms with Gasteiger partial charge in [0.15, 0.2) is 0 Å². The minimum Gasteiger partial charge on any atom is -0.387 e. The normalized spacial score (nSPS) is 19.8. The standard InChI is InChI=1S/C13H26N2/c1-3-11(4-2)10-15-13(14)12-8-6-5-7-9-12/h11-12H,3-10H2,1-2H3,(H2,14,15). The van der Waals surface area contributed by atoms with E-state index in [1.807, 2.05) is 0 Å². The Hall–Kier alpha value is -0.530. The number of hydrogen-bond acceptors (Lipinski definition) is 1. The van der Waals surface area contributed by atoms with Gasteiger partial charge in [-0.2, -0.15) is 0 Å². The van der Waals surface area contributed by atoms with Crippen LogP contribution < -0.4 is 5.73 Å². The lowest BCUT2D eigenvalue weighted by atomic mass is 9.88. The largest absolute Gasteiger partial charge is 0.387 e. The lowest BCUT2D eigenvalue weighted by Crippen LogP contribution is -2.26. The van der Waals surface area contributed by atoms with Crippen LogP contribution in [0, 0.1) is 11.8 Å². The van der Waals surface area contributed by atoms with Gasteiger partial charge in [-0.3, -0.25) is 4.99 Å². The van der Waals surface area contributed by atoms with Crippen molar-refractivity contribution in [2.45, 2.75) is 58.8 Å². The van der Waals surface area contributed by atoms with E-state index in [-0.39, 0.29) is 0 Å². The molecule has 1 fully saturated rings. The summed E-state index contributed by atoms with van der Waals surface area (Å²) in [7, 11) is 0. The Bertz CT molecular complexity index is 189. The van der Waals surface area contributed by atoms with Gasteiger partial charge in [0, 0.05) is 12.5 Å². The van der Waals surface area contributed by atoms with Crippen molar-refractivity contribution < 1.29 is 0 Å². The Morgan fingerprint density at radius 1 is 1.20 bits per heavy atom. The maximum absolute atomic E-state index is 6.06. The van der Waals surface area contributed by atoms with Gasteiger partial charge in [0.05, 0.1) is 5.84 Å². The molecule has 88 valence electrons. The fourth-order valence-corrected chi connectivity index (χ4v) is 2.31. The van der Waals surface area contributed by atoms with Crippen LogP contribution in [0.3, 0.4) is 0 Å². The number of rotatable bonds is 5. The van der Waals surface area contributed by atoms with Crippen LogP contribution in [0.25, 0.3) is 0 Å². The first-order valence-electron chi connectivity index (χ1n) is 6.57. The van der Waals surface area contributed by atoms with Crippen LogP contribution in [-0.4, -0.2) is 12.4 Å². The van der Waals surface area contributed by atoms with Crippen LogP contribution in [0.5, 0.6) is 0 Å². The molecule has 2 heteroatoms. The molecule has 1 aliphatic carbocycles. The third kappa shape index (κ3) is 4.23. The molecule has 15 heavy (non-hydrogen) atoms. The van der Waals surface area contributed by atoms with Crippen molar-refractivity contribution in [2.24, 2.45) is 22.6 Å². The van der Waals surface area contributed by atoms with E-state index >= 15 is 0 Å². The van der Waals surface area contributed by atoms with Gasteiger partial charge in [0.1, 0.15) is 0 Å². The third-order valence-electron chi connectivity index (χ3n) is 3.71. The Balaban J connectivity index is 2.36. The molecule has 1 rings (SSSR count). The predicted octanol–water partition coefficient (Wildman–Crippen LogP) is 3.36. The van der Waals surface area contributed by atoms with E-state index in [0.717, 1.165) is 18.3 Å². The predicted molar refractivity (Wildman–Crippen MR) is 67.1 cm³/mol. The van der Waals surface area contributed by atoms with Gasteiger partial charge >= 0.3 is 0 Å². The smallest absolute Gasteiger partial charge is 0.0968 e. The summed E-state index contributed by atoms with van der Waals surface area (Å²) in [5.41, 5.74) is 6.06. The van der Waals surface area contributed by atoms with E-state index < -0.39 is 0 Å². The summed E-state index contributed by atoms with van der Waals surface area (Å²) in [5, 5.41) is 0. The summed E-state index contributed by atoms with van der Waals surface area (Å²) in [6.07, 6.45) is 9.03. The third-order valence-corrected chi connectivity index (χ3v) is 3.71. The van der Waals surface area contributed by atoms with Gasteiger partial charge < -0.3 is 5.73 Å². The molecule has 0 aromatic heterocycles. The van der Waals surface area contributed by atoms with Gasteiger partial charge in [-0.05, 0) is 18.8 Å². The molecule has 2 N–H and O–H groups in total. The topological polar surface area (TPSA) is 38.4 Å². The van der Waals surface area contributed by atoms with Crippen molar-refractivity contribution in [1.29, 1.82) is 0 Å². The molecular weight excluding hydrogens is 184 g/mol. The van der Waals surface area contributed by atoms with Gasteiger partial charge in [-0.15, -0.1) is 0 Å². The summed E-state index contributed by atoms with van der Waals surface area (Å²) in [6.45, 7) is 5.41. The van der Waals surface area contributed by atoms with Crippen LogP contribution in [0.1, 0.15) is 58.8 Å². The van der Waals surface area contributed by atoms with Crippen molar-refractivity contribution in [2.75, 3.05) is 6.54 Å². The van der Waals surface area contributed by atoms with E-state index in [0.29, 0.717) is 5.92 Å². The van der Waals surface area contributed by atoms with E-state index in [1.165, 1.54) is 44.9 Å². The summed E-state index contributed by atoms with van der Waals surface area (Å²) in [5.74, 6) is 2.25. The van der Waals surface area contributed by atoms with Crippen LogP contribution in [0.4, 0.5) is 0 Å². The van der Waals surface area contributed by atoms with E-state index in [4.69, 9.17) is 5.73 Å². The van der Waals surface area contributed by atoms with Gasteiger partial charge in [-0.1, -0.05) is 46.0 Å². The van der Waals surface area contributed by atoms with Crippen molar-refractivity contribution >= 4 is 5.84 Å². The minimum absolute atomic E-state index is 0.591.